The summed E-state index contributed by atoms with van der Waals surface area (Å²) in [6, 6.07) is 7.75. The van der Waals surface area contributed by atoms with Crippen molar-refractivity contribution in [3.05, 3.63) is 53.9 Å². The van der Waals surface area contributed by atoms with Crippen molar-refractivity contribution in [2.24, 2.45) is 5.41 Å². The summed E-state index contributed by atoms with van der Waals surface area (Å²) < 4.78 is 5.39. The highest BCUT2D eigenvalue weighted by atomic mass is 16.5. The Kier molecular flexibility index (Phi) is 10.6. The third kappa shape index (κ3) is 9.15. The van der Waals surface area contributed by atoms with Crippen molar-refractivity contribution < 1.29 is 29.0 Å². The van der Waals surface area contributed by atoms with Crippen molar-refractivity contribution >= 4 is 35.2 Å². The second-order valence-corrected chi connectivity index (χ2v) is 12.1. The van der Waals surface area contributed by atoms with Gasteiger partial charge in [-0.15, -0.1) is 0 Å². The Bertz CT molecular complexity index is 1290. The number of anilines is 2. The number of hydrogen-bond donors (Lipinski definition) is 3. The van der Waals surface area contributed by atoms with Gasteiger partial charge in [0.15, 0.2) is 0 Å². The van der Waals surface area contributed by atoms with Gasteiger partial charge >= 0.3 is 12.0 Å². The minimum atomic E-state index is -1.05. The molecule has 3 heterocycles. The van der Waals surface area contributed by atoms with Crippen LogP contribution in [0.15, 0.2) is 42.7 Å². The summed E-state index contributed by atoms with van der Waals surface area (Å²) in [5.41, 5.74) is 1.87. The highest BCUT2D eigenvalue weighted by Crippen LogP contribution is 2.30. The Morgan fingerprint density at radius 1 is 1.00 bits per heavy atom. The van der Waals surface area contributed by atoms with E-state index in [0.717, 1.165) is 12.1 Å². The third-order valence-electron chi connectivity index (χ3n) is 7.38. The Balaban J connectivity index is 1.55. The van der Waals surface area contributed by atoms with E-state index in [2.05, 4.69) is 20.5 Å². The first-order chi connectivity index (χ1) is 20.5. The monoisotopic (exact) mass is 594 g/mol. The van der Waals surface area contributed by atoms with Crippen LogP contribution in [-0.4, -0.2) is 96.2 Å². The van der Waals surface area contributed by atoms with Gasteiger partial charge in [0.25, 0.3) is 5.91 Å². The molecule has 2 aliphatic heterocycles. The molecule has 4 amide bonds. The molecular formula is C31H42N6O6. The van der Waals surface area contributed by atoms with E-state index in [0.29, 0.717) is 63.7 Å². The predicted molar refractivity (Wildman–Crippen MR) is 162 cm³/mol. The molecule has 232 valence electrons. The fraction of sp³-hybridized carbons (Fsp3) is 0.516. The quantitative estimate of drug-likeness (QED) is 0.422. The van der Waals surface area contributed by atoms with Crippen molar-refractivity contribution in [3.63, 3.8) is 0 Å². The molecule has 2 saturated heterocycles. The Hall–Kier alpha value is -4.19. The maximum atomic E-state index is 13.4. The van der Waals surface area contributed by atoms with Gasteiger partial charge in [0, 0.05) is 63.6 Å². The number of morpholine rings is 1. The topological polar surface area (TPSA) is 144 Å². The SMILES string of the molecule is CC(C)(C)CC(=O)Nc1cc(C(=O)NC(CC(=O)O)c2cccnc2)ccc1N1CCCN(C(=O)N2CCOCC2)CC1. The molecule has 1 aromatic heterocycles. The number of hydrogen-bond acceptors (Lipinski definition) is 7. The molecule has 0 bridgehead atoms. The second kappa shape index (κ2) is 14.3. The largest absolute Gasteiger partial charge is 0.481 e. The van der Waals surface area contributed by atoms with Gasteiger partial charge in [0.05, 0.1) is 37.1 Å². The van der Waals surface area contributed by atoms with Crippen molar-refractivity contribution in [3.8, 4) is 0 Å². The van der Waals surface area contributed by atoms with E-state index in [4.69, 9.17) is 4.74 Å². The minimum absolute atomic E-state index is 0.0143. The normalized spacial score (nSPS) is 16.7. The Morgan fingerprint density at radius 3 is 2.42 bits per heavy atom. The lowest BCUT2D eigenvalue weighted by Crippen LogP contribution is -2.49. The number of rotatable bonds is 8. The van der Waals surface area contributed by atoms with Gasteiger partial charge < -0.3 is 35.2 Å². The fourth-order valence-corrected chi connectivity index (χ4v) is 5.28. The maximum absolute atomic E-state index is 13.4. The number of aromatic nitrogens is 1. The zero-order valence-corrected chi connectivity index (χ0v) is 25.2. The lowest BCUT2D eigenvalue weighted by atomic mass is 9.92. The number of amides is 4. The molecule has 0 radical (unpaired) electrons. The zero-order chi connectivity index (χ0) is 31.0. The highest BCUT2D eigenvalue weighted by molar-refractivity contribution is 6.00. The van der Waals surface area contributed by atoms with Crippen LogP contribution in [0.25, 0.3) is 0 Å². The molecule has 4 rings (SSSR count). The first-order valence-corrected chi connectivity index (χ1v) is 14.7. The lowest BCUT2D eigenvalue weighted by molar-refractivity contribution is -0.137. The zero-order valence-electron chi connectivity index (χ0n) is 25.2. The van der Waals surface area contributed by atoms with Crippen molar-refractivity contribution in [1.29, 1.82) is 0 Å². The molecule has 2 aliphatic rings. The molecule has 43 heavy (non-hydrogen) atoms. The Labute approximate surface area is 252 Å². The number of ether oxygens (including phenoxy) is 1. The lowest BCUT2D eigenvalue weighted by Gasteiger charge is -2.32. The highest BCUT2D eigenvalue weighted by Gasteiger charge is 2.27. The molecule has 1 atom stereocenters. The first kappa shape index (κ1) is 31.7. The van der Waals surface area contributed by atoms with Gasteiger partial charge in [-0.05, 0) is 41.7 Å². The van der Waals surface area contributed by atoms with Crippen LogP contribution in [0.2, 0.25) is 0 Å². The van der Waals surface area contributed by atoms with Gasteiger partial charge in [0.1, 0.15) is 0 Å². The summed E-state index contributed by atoms with van der Waals surface area (Å²) in [5.74, 6) is -1.70. The summed E-state index contributed by atoms with van der Waals surface area (Å²) in [6.07, 6.45) is 3.83. The molecule has 2 aromatic rings. The van der Waals surface area contributed by atoms with E-state index < -0.39 is 17.9 Å². The van der Waals surface area contributed by atoms with Crippen LogP contribution < -0.4 is 15.5 Å². The number of carbonyl (C=O) groups is 4. The molecular weight excluding hydrogens is 552 g/mol. The number of benzene rings is 1. The van der Waals surface area contributed by atoms with Gasteiger partial charge in [-0.25, -0.2) is 4.79 Å². The summed E-state index contributed by atoms with van der Waals surface area (Å²) in [6.45, 7) is 10.6. The third-order valence-corrected chi connectivity index (χ3v) is 7.38. The van der Waals surface area contributed by atoms with E-state index in [1.165, 1.54) is 6.20 Å². The average Bonchev–Trinajstić information content (AvgIpc) is 3.22. The first-order valence-electron chi connectivity index (χ1n) is 14.7. The molecule has 0 saturated carbocycles. The van der Waals surface area contributed by atoms with Crippen LogP contribution in [0, 0.1) is 5.41 Å². The summed E-state index contributed by atoms with van der Waals surface area (Å²) >= 11 is 0. The van der Waals surface area contributed by atoms with Crippen LogP contribution in [0.1, 0.15) is 62.0 Å². The van der Waals surface area contributed by atoms with E-state index in [1.807, 2.05) is 30.6 Å². The molecule has 1 aromatic carbocycles. The van der Waals surface area contributed by atoms with Gasteiger partial charge in [-0.2, -0.15) is 0 Å². The molecule has 12 heteroatoms. The molecule has 12 nitrogen and oxygen atoms in total. The van der Waals surface area contributed by atoms with Gasteiger partial charge in [0.2, 0.25) is 5.91 Å². The average molecular weight is 595 g/mol. The number of urea groups is 1. The summed E-state index contributed by atoms with van der Waals surface area (Å²) in [5, 5.41) is 15.3. The Morgan fingerprint density at radius 2 is 1.74 bits per heavy atom. The number of pyridine rings is 1. The number of nitrogens with one attached hydrogen (secondary N) is 2. The standard InChI is InChI=1S/C31H42N6O6/c1-31(2,3)20-27(38)33-25-18-22(29(41)34-24(19-28(39)40)23-6-4-9-32-21-23)7-8-26(25)35-10-5-11-36(13-12-35)30(42)37-14-16-43-17-15-37/h4,6-9,18,21,24H,5,10-17,19-20H2,1-3H3,(H,33,38)(H,34,41)(H,39,40). The van der Waals surface area contributed by atoms with Crippen LogP contribution >= 0.6 is 0 Å². The smallest absolute Gasteiger partial charge is 0.320 e. The van der Waals surface area contributed by atoms with E-state index >= 15 is 0 Å². The van der Waals surface area contributed by atoms with Crippen LogP contribution in [0.5, 0.6) is 0 Å². The van der Waals surface area contributed by atoms with Crippen molar-refractivity contribution in [2.75, 3.05) is 62.7 Å². The van der Waals surface area contributed by atoms with Crippen molar-refractivity contribution in [1.82, 2.24) is 20.1 Å². The van der Waals surface area contributed by atoms with E-state index in [-0.39, 0.29) is 35.8 Å². The maximum Gasteiger partial charge on any atom is 0.320 e. The molecule has 0 aliphatic carbocycles. The second-order valence-electron chi connectivity index (χ2n) is 12.1. The number of carboxylic acids is 1. The van der Waals surface area contributed by atoms with Crippen LogP contribution in [0.3, 0.4) is 0 Å². The number of carboxylic acid groups (broad SMARTS) is 1. The predicted octanol–water partition coefficient (Wildman–Crippen LogP) is 3.37. The van der Waals surface area contributed by atoms with Gasteiger partial charge in [-0.3, -0.25) is 19.4 Å². The summed E-state index contributed by atoms with van der Waals surface area (Å²) in [7, 11) is 0. The summed E-state index contributed by atoms with van der Waals surface area (Å²) in [4.78, 5) is 60.9. The fourth-order valence-electron chi connectivity index (χ4n) is 5.28. The van der Waals surface area contributed by atoms with E-state index in [9.17, 15) is 24.3 Å². The molecule has 3 N–H and O–H groups in total. The number of nitrogens with zero attached hydrogens (tertiary/aromatic N) is 4. The van der Waals surface area contributed by atoms with E-state index in [1.54, 1.807) is 36.5 Å². The molecule has 1 unspecified atom stereocenters. The molecule has 0 spiro atoms. The van der Waals surface area contributed by atoms with Gasteiger partial charge in [-0.1, -0.05) is 26.8 Å². The van der Waals surface area contributed by atoms with Crippen LogP contribution in [-0.2, 0) is 14.3 Å². The number of carbonyl (C=O) groups excluding carboxylic acids is 3. The number of aliphatic carboxylic acids is 1. The molecule has 2 fully saturated rings. The van der Waals surface area contributed by atoms with Crippen LogP contribution in [0.4, 0.5) is 16.2 Å². The minimum Gasteiger partial charge on any atom is -0.481 e. The van der Waals surface area contributed by atoms with Crippen molar-refractivity contribution in [2.45, 2.75) is 46.1 Å².